The van der Waals surface area contributed by atoms with Gasteiger partial charge in [-0.15, -0.1) is 5.10 Å². The molecule has 0 bridgehead atoms. The molecule has 3 heterocycles. The van der Waals surface area contributed by atoms with Gasteiger partial charge in [-0.2, -0.15) is 5.10 Å². The van der Waals surface area contributed by atoms with Gasteiger partial charge in [-0.05, 0) is 56.8 Å². The SMILES string of the molecule is O=c1ccc(-n2cccn2)nn1CC1CCN(C2CCCCC2O)CC1. The minimum atomic E-state index is -0.171. The van der Waals surface area contributed by atoms with Gasteiger partial charge in [0, 0.05) is 31.0 Å². The van der Waals surface area contributed by atoms with Crippen LogP contribution in [0.25, 0.3) is 5.82 Å². The third-order valence-corrected chi connectivity index (χ3v) is 5.83. The van der Waals surface area contributed by atoms with E-state index in [-0.39, 0.29) is 11.7 Å². The Morgan fingerprint density at radius 2 is 1.92 bits per heavy atom. The monoisotopic (exact) mass is 357 g/mol. The molecule has 1 aliphatic heterocycles. The molecular formula is C19H27N5O2. The maximum absolute atomic E-state index is 12.2. The predicted molar refractivity (Wildman–Crippen MR) is 98.2 cm³/mol. The zero-order chi connectivity index (χ0) is 17.9. The van der Waals surface area contributed by atoms with Crippen LogP contribution in [0.1, 0.15) is 38.5 Å². The summed E-state index contributed by atoms with van der Waals surface area (Å²) in [5.41, 5.74) is -0.0639. The lowest BCUT2D eigenvalue weighted by atomic mass is 9.88. The molecule has 7 heteroatoms. The highest BCUT2D eigenvalue weighted by molar-refractivity contribution is 5.17. The van der Waals surface area contributed by atoms with Crippen molar-refractivity contribution in [3.8, 4) is 5.82 Å². The van der Waals surface area contributed by atoms with Crippen LogP contribution in [0.3, 0.4) is 0 Å². The second kappa shape index (κ2) is 7.72. The van der Waals surface area contributed by atoms with Gasteiger partial charge in [0.05, 0.1) is 6.10 Å². The second-order valence-corrected chi connectivity index (χ2v) is 7.56. The first-order chi connectivity index (χ1) is 12.7. The van der Waals surface area contributed by atoms with Crippen LogP contribution in [-0.4, -0.2) is 54.8 Å². The van der Waals surface area contributed by atoms with Gasteiger partial charge in [0.2, 0.25) is 0 Å². The molecule has 0 spiro atoms. The summed E-state index contributed by atoms with van der Waals surface area (Å²) in [6.07, 6.45) is 9.86. The Morgan fingerprint density at radius 3 is 2.65 bits per heavy atom. The second-order valence-electron chi connectivity index (χ2n) is 7.56. The van der Waals surface area contributed by atoms with E-state index in [1.807, 2.05) is 12.3 Å². The number of piperidine rings is 1. The normalized spacial score (nSPS) is 25.4. The van der Waals surface area contributed by atoms with E-state index in [1.54, 1.807) is 27.7 Å². The summed E-state index contributed by atoms with van der Waals surface area (Å²) in [5, 5.41) is 18.9. The Hall–Kier alpha value is -1.99. The van der Waals surface area contributed by atoms with Crippen molar-refractivity contribution in [2.24, 2.45) is 5.92 Å². The maximum Gasteiger partial charge on any atom is 0.266 e. The lowest BCUT2D eigenvalue weighted by molar-refractivity contribution is 0.00246. The van der Waals surface area contributed by atoms with Crippen molar-refractivity contribution < 1.29 is 5.11 Å². The third kappa shape index (κ3) is 3.73. The molecule has 0 aromatic carbocycles. The lowest BCUT2D eigenvalue weighted by Crippen LogP contribution is -2.49. The number of hydrogen-bond acceptors (Lipinski definition) is 5. The standard InChI is InChI=1S/C19H27N5O2/c25-17-5-2-1-4-16(17)22-12-8-15(9-13-22)14-24-19(26)7-6-18(21-24)23-11-3-10-20-23/h3,6-7,10-11,15-17,25H,1-2,4-5,8-9,12-14H2. The molecule has 7 nitrogen and oxygen atoms in total. The van der Waals surface area contributed by atoms with Gasteiger partial charge >= 0.3 is 0 Å². The van der Waals surface area contributed by atoms with Crippen molar-refractivity contribution in [1.29, 1.82) is 0 Å². The largest absolute Gasteiger partial charge is 0.391 e. The minimum Gasteiger partial charge on any atom is -0.391 e. The fourth-order valence-corrected chi connectivity index (χ4v) is 4.32. The molecule has 1 saturated heterocycles. The zero-order valence-electron chi connectivity index (χ0n) is 15.1. The number of hydrogen-bond donors (Lipinski definition) is 1. The number of rotatable bonds is 4. The Bertz CT molecular complexity index is 764. The van der Waals surface area contributed by atoms with E-state index in [2.05, 4.69) is 15.1 Å². The van der Waals surface area contributed by atoms with Crippen LogP contribution in [-0.2, 0) is 6.54 Å². The average Bonchev–Trinajstić information content (AvgIpc) is 3.19. The van der Waals surface area contributed by atoms with Gasteiger partial charge in [0.25, 0.3) is 5.56 Å². The van der Waals surface area contributed by atoms with E-state index in [0.717, 1.165) is 45.2 Å². The van der Waals surface area contributed by atoms with Crippen LogP contribution in [0.2, 0.25) is 0 Å². The summed E-state index contributed by atoms with van der Waals surface area (Å²) in [6, 6.07) is 5.44. The molecule has 1 saturated carbocycles. The van der Waals surface area contributed by atoms with Crippen LogP contribution >= 0.6 is 0 Å². The number of aromatic nitrogens is 4. The highest BCUT2D eigenvalue weighted by Gasteiger charge is 2.31. The summed E-state index contributed by atoms with van der Waals surface area (Å²) < 4.78 is 3.25. The summed E-state index contributed by atoms with van der Waals surface area (Å²) in [7, 11) is 0. The average molecular weight is 357 g/mol. The van der Waals surface area contributed by atoms with Gasteiger partial charge in [-0.3, -0.25) is 9.69 Å². The topological polar surface area (TPSA) is 76.2 Å². The molecule has 2 unspecified atom stereocenters. The molecule has 2 aliphatic rings. The number of likely N-dealkylation sites (tertiary alicyclic amines) is 1. The quantitative estimate of drug-likeness (QED) is 0.896. The Balaban J connectivity index is 1.38. The van der Waals surface area contributed by atoms with Gasteiger partial charge in [-0.1, -0.05) is 12.8 Å². The van der Waals surface area contributed by atoms with Gasteiger partial charge in [0.15, 0.2) is 5.82 Å². The van der Waals surface area contributed by atoms with Crippen LogP contribution < -0.4 is 5.56 Å². The Labute approximate surface area is 153 Å². The van der Waals surface area contributed by atoms with E-state index in [0.29, 0.717) is 24.3 Å². The van der Waals surface area contributed by atoms with Gasteiger partial charge in [-0.25, -0.2) is 9.36 Å². The molecule has 0 amide bonds. The summed E-state index contributed by atoms with van der Waals surface area (Å²) >= 11 is 0. The molecule has 140 valence electrons. The number of aliphatic hydroxyl groups excluding tert-OH is 1. The molecule has 2 fully saturated rings. The first-order valence-electron chi connectivity index (χ1n) is 9.71. The van der Waals surface area contributed by atoms with Crippen LogP contribution in [0.15, 0.2) is 35.4 Å². The first-order valence-corrected chi connectivity index (χ1v) is 9.71. The highest BCUT2D eigenvalue weighted by Crippen LogP contribution is 2.27. The van der Waals surface area contributed by atoms with Gasteiger partial charge in [0.1, 0.15) is 0 Å². The van der Waals surface area contributed by atoms with Crippen LogP contribution in [0, 0.1) is 5.92 Å². The van der Waals surface area contributed by atoms with Crippen molar-refractivity contribution in [2.75, 3.05) is 13.1 Å². The maximum atomic E-state index is 12.2. The zero-order valence-corrected chi connectivity index (χ0v) is 15.1. The fourth-order valence-electron chi connectivity index (χ4n) is 4.32. The van der Waals surface area contributed by atoms with Crippen molar-refractivity contribution in [3.63, 3.8) is 0 Å². The van der Waals surface area contributed by atoms with E-state index in [4.69, 9.17) is 0 Å². The molecule has 26 heavy (non-hydrogen) atoms. The van der Waals surface area contributed by atoms with E-state index in [9.17, 15) is 9.90 Å². The van der Waals surface area contributed by atoms with Crippen molar-refractivity contribution in [3.05, 3.63) is 40.9 Å². The van der Waals surface area contributed by atoms with E-state index >= 15 is 0 Å². The molecule has 2 atom stereocenters. The van der Waals surface area contributed by atoms with Crippen molar-refractivity contribution in [2.45, 2.75) is 57.2 Å². The van der Waals surface area contributed by atoms with E-state index in [1.165, 1.54) is 6.42 Å². The molecule has 4 rings (SSSR count). The van der Waals surface area contributed by atoms with Crippen molar-refractivity contribution >= 4 is 0 Å². The molecule has 2 aromatic heterocycles. The molecule has 2 aromatic rings. The Kier molecular flexibility index (Phi) is 5.17. The Morgan fingerprint density at radius 1 is 1.12 bits per heavy atom. The molecule has 1 N–H and O–H groups in total. The molecule has 1 aliphatic carbocycles. The molecular weight excluding hydrogens is 330 g/mol. The summed E-state index contributed by atoms with van der Waals surface area (Å²) in [4.78, 5) is 14.7. The summed E-state index contributed by atoms with van der Waals surface area (Å²) in [5.74, 6) is 1.11. The third-order valence-electron chi connectivity index (χ3n) is 5.83. The predicted octanol–water partition coefficient (Wildman–Crippen LogP) is 1.44. The van der Waals surface area contributed by atoms with Crippen LogP contribution in [0.5, 0.6) is 0 Å². The highest BCUT2D eigenvalue weighted by atomic mass is 16.3. The lowest BCUT2D eigenvalue weighted by Gasteiger charge is -2.41. The van der Waals surface area contributed by atoms with Gasteiger partial charge < -0.3 is 5.11 Å². The minimum absolute atomic E-state index is 0.0639. The van der Waals surface area contributed by atoms with Crippen LogP contribution in [0.4, 0.5) is 0 Å². The van der Waals surface area contributed by atoms with Crippen molar-refractivity contribution in [1.82, 2.24) is 24.5 Å². The smallest absolute Gasteiger partial charge is 0.266 e. The number of nitrogens with zero attached hydrogens (tertiary/aromatic N) is 5. The fraction of sp³-hybridized carbons (Fsp3) is 0.632. The summed E-state index contributed by atoms with van der Waals surface area (Å²) in [6.45, 7) is 2.65. The first kappa shape index (κ1) is 17.4. The van der Waals surface area contributed by atoms with E-state index < -0.39 is 0 Å². The molecule has 0 radical (unpaired) electrons. The number of aliphatic hydroxyl groups is 1.